The van der Waals surface area contributed by atoms with E-state index in [0.717, 1.165) is 32.3 Å². The van der Waals surface area contributed by atoms with E-state index in [1.165, 1.54) is 4.90 Å². The summed E-state index contributed by atoms with van der Waals surface area (Å²) in [5.41, 5.74) is 17.0. The Bertz CT molecular complexity index is 1430. The van der Waals surface area contributed by atoms with E-state index in [9.17, 15) is 4.79 Å². The number of hydrogen-bond acceptors (Lipinski definition) is 5. The first-order valence-corrected chi connectivity index (χ1v) is 10.9. The number of urea groups is 1. The van der Waals surface area contributed by atoms with Crippen molar-refractivity contribution < 1.29 is 9.21 Å². The molecule has 0 spiro atoms. The van der Waals surface area contributed by atoms with Crippen molar-refractivity contribution in [2.75, 3.05) is 10.6 Å². The number of hydrogen-bond donors (Lipinski definition) is 2. The van der Waals surface area contributed by atoms with Gasteiger partial charge in [-0.3, -0.25) is 4.90 Å². The number of thiophene rings is 1. The number of primary amides is 1. The second-order valence-electron chi connectivity index (χ2n) is 7.12. The first-order valence-electron chi connectivity index (χ1n) is 9.67. The largest absolute Gasteiger partial charge is 0.472 e. The fourth-order valence-corrected chi connectivity index (χ4v) is 5.02. The molecule has 0 aliphatic carbocycles. The molecule has 0 aliphatic rings. The number of nitrogens with two attached hydrogens (primary N) is 2. The third-order valence-corrected chi connectivity index (χ3v) is 6.43. The Labute approximate surface area is 192 Å². The highest BCUT2D eigenvalue weighted by Gasteiger charge is 2.18. The number of anilines is 3. The van der Waals surface area contributed by atoms with Gasteiger partial charge < -0.3 is 15.9 Å². The fraction of sp³-hybridized carbons (Fsp3) is 0. The van der Waals surface area contributed by atoms with Crippen LogP contribution in [-0.4, -0.2) is 11.0 Å². The lowest BCUT2D eigenvalue weighted by molar-refractivity contribution is 0.256. The number of nitrogens with zero attached hydrogens (tertiary/aromatic N) is 2. The molecule has 0 unspecified atom stereocenters. The maximum absolute atomic E-state index is 12.2. The Morgan fingerprint density at radius 2 is 1.84 bits per heavy atom. The quantitative estimate of drug-likeness (QED) is 0.312. The number of benzene rings is 2. The summed E-state index contributed by atoms with van der Waals surface area (Å²) in [6.45, 7) is 0. The topological polar surface area (TPSA) is 98.4 Å². The second kappa shape index (κ2) is 8.03. The fourth-order valence-electron chi connectivity index (χ4n) is 3.71. The summed E-state index contributed by atoms with van der Waals surface area (Å²) in [7, 11) is 0. The third-order valence-electron chi connectivity index (χ3n) is 5.18. The van der Waals surface area contributed by atoms with Gasteiger partial charge in [-0.1, -0.05) is 29.8 Å². The summed E-state index contributed by atoms with van der Waals surface area (Å²) in [4.78, 5) is 18.0. The SMILES string of the molecule is NC(=O)N(c1ccc(-c2csc3c(-c4ccoc4)cnc(N)c23)cc1)c1cccc(Cl)c1. The Balaban J connectivity index is 1.57. The molecule has 32 heavy (non-hydrogen) atoms. The molecule has 0 saturated heterocycles. The molecule has 6 nitrogen and oxygen atoms in total. The van der Waals surface area contributed by atoms with Crippen molar-refractivity contribution in [1.29, 1.82) is 0 Å². The van der Waals surface area contributed by atoms with Gasteiger partial charge in [-0.2, -0.15) is 0 Å². The number of carbonyl (C=O) groups excluding carboxylic acids is 1. The maximum atomic E-state index is 12.2. The van der Waals surface area contributed by atoms with Crippen LogP contribution in [0.25, 0.3) is 32.3 Å². The average molecular weight is 461 g/mol. The molecule has 0 saturated carbocycles. The number of carbonyl (C=O) groups is 1. The Kier molecular flexibility index (Phi) is 5.05. The van der Waals surface area contributed by atoms with E-state index in [1.54, 1.807) is 54.3 Å². The normalized spacial score (nSPS) is 11.0. The number of fused-ring (bicyclic) bond motifs is 1. The molecule has 0 bridgehead atoms. The lowest BCUT2D eigenvalue weighted by Crippen LogP contribution is -2.31. The molecule has 0 atom stereocenters. The van der Waals surface area contributed by atoms with Crippen molar-refractivity contribution in [3.05, 3.63) is 83.7 Å². The summed E-state index contributed by atoms with van der Waals surface area (Å²) < 4.78 is 6.27. The first kappa shape index (κ1) is 20.1. The zero-order chi connectivity index (χ0) is 22.2. The molecule has 8 heteroatoms. The van der Waals surface area contributed by atoms with Gasteiger partial charge in [0.1, 0.15) is 5.82 Å². The molecule has 0 fully saturated rings. The van der Waals surface area contributed by atoms with Gasteiger partial charge in [-0.25, -0.2) is 9.78 Å². The van der Waals surface area contributed by atoms with Crippen LogP contribution in [0.1, 0.15) is 0 Å². The van der Waals surface area contributed by atoms with Gasteiger partial charge in [0.25, 0.3) is 0 Å². The minimum atomic E-state index is -0.598. The summed E-state index contributed by atoms with van der Waals surface area (Å²) in [5.74, 6) is 0.463. The van der Waals surface area contributed by atoms with Gasteiger partial charge in [0, 0.05) is 38.0 Å². The molecule has 3 heterocycles. The van der Waals surface area contributed by atoms with Crippen LogP contribution < -0.4 is 16.4 Å². The molecular weight excluding hydrogens is 444 g/mol. The van der Waals surface area contributed by atoms with Gasteiger partial charge >= 0.3 is 6.03 Å². The van der Waals surface area contributed by atoms with E-state index >= 15 is 0 Å². The smallest absolute Gasteiger partial charge is 0.323 e. The second-order valence-corrected chi connectivity index (χ2v) is 8.44. The van der Waals surface area contributed by atoms with Crippen molar-refractivity contribution >= 4 is 56.2 Å². The third kappa shape index (κ3) is 3.47. The summed E-state index contributed by atoms with van der Waals surface area (Å²) >= 11 is 7.69. The van der Waals surface area contributed by atoms with Crippen LogP contribution in [0.2, 0.25) is 5.02 Å². The average Bonchev–Trinajstić information content (AvgIpc) is 3.46. The molecule has 0 radical (unpaired) electrons. The molecule has 5 aromatic rings. The highest BCUT2D eigenvalue weighted by atomic mass is 35.5. The van der Waals surface area contributed by atoms with E-state index in [1.807, 2.05) is 30.3 Å². The van der Waals surface area contributed by atoms with Crippen LogP contribution >= 0.6 is 22.9 Å². The summed E-state index contributed by atoms with van der Waals surface area (Å²) in [5, 5.41) is 3.47. The Morgan fingerprint density at radius 3 is 2.53 bits per heavy atom. The summed E-state index contributed by atoms with van der Waals surface area (Å²) in [6, 6.07) is 15.8. The number of halogens is 1. The van der Waals surface area contributed by atoms with Gasteiger partial charge in [-0.05, 0) is 47.3 Å². The van der Waals surface area contributed by atoms with E-state index < -0.39 is 6.03 Å². The molecule has 3 aromatic heterocycles. The maximum Gasteiger partial charge on any atom is 0.323 e. The Morgan fingerprint density at radius 1 is 1.03 bits per heavy atom. The van der Waals surface area contributed by atoms with Crippen LogP contribution in [0.15, 0.2) is 83.1 Å². The van der Waals surface area contributed by atoms with Gasteiger partial charge in [0.15, 0.2) is 0 Å². The molecule has 158 valence electrons. The molecule has 5 rings (SSSR count). The zero-order valence-electron chi connectivity index (χ0n) is 16.7. The van der Waals surface area contributed by atoms with Crippen LogP contribution in [0.3, 0.4) is 0 Å². The van der Waals surface area contributed by atoms with Gasteiger partial charge in [0.2, 0.25) is 0 Å². The van der Waals surface area contributed by atoms with E-state index in [2.05, 4.69) is 10.4 Å². The number of rotatable bonds is 4. The van der Waals surface area contributed by atoms with Crippen molar-refractivity contribution in [2.24, 2.45) is 5.73 Å². The van der Waals surface area contributed by atoms with Crippen LogP contribution in [0, 0.1) is 0 Å². The lowest BCUT2D eigenvalue weighted by atomic mass is 10.0. The number of amides is 2. The molecule has 2 amide bonds. The highest BCUT2D eigenvalue weighted by Crippen LogP contribution is 2.42. The number of furan rings is 1. The minimum Gasteiger partial charge on any atom is -0.472 e. The standard InChI is InChI=1S/C24H17ClN4O2S/c25-16-2-1-3-18(10-16)29(24(27)30)17-6-4-14(5-7-17)20-13-32-22-19(15-8-9-31-12-15)11-28-23(26)21(20)22/h1-13H,(H2,26,28)(H2,27,30). The number of aromatic nitrogens is 1. The Hall–Kier alpha value is -3.81. The van der Waals surface area contributed by atoms with Crippen LogP contribution in [0.4, 0.5) is 22.0 Å². The van der Waals surface area contributed by atoms with Gasteiger partial charge in [0.05, 0.1) is 23.9 Å². The van der Waals surface area contributed by atoms with Gasteiger partial charge in [-0.15, -0.1) is 11.3 Å². The van der Waals surface area contributed by atoms with E-state index in [0.29, 0.717) is 22.2 Å². The van der Waals surface area contributed by atoms with Crippen LogP contribution in [0.5, 0.6) is 0 Å². The predicted molar refractivity (Wildman–Crippen MR) is 130 cm³/mol. The van der Waals surface area contributed by atoms with E-state index in [4.69, 9.17) is 27.5 Å². The number of pyridine rings is 1. The monoisotopic (exact) mass is 460 g/mol. The molecule has 4 N–H and O–H groups in total. The predicted octanol–water partition coefficient (Wildman–Crippen LogP) is 6.68. The van der Waals surface area contributed by atoms with Crippen molar-refractivity contribution in [3.8, 4) is 22.3 Å². The number of nitrogen functional groups attached to an aromatic ring is 1. The van der Waals surface area contributed by atoms with Crippen molar-refractivity contribution in [1.82, 2.24) is 4.98 Å². The highest BCUT2D eigenvalue weighted by molar-refractivity contribution is 7.18. The first-order chi connectivity index (χ1) is 15.5. The van der Waals surface area contributed by atoms with Crippen LogP contribution in [-0.2, 0) is 0 Å². The minimum absolute atomic E-state index is 0.463. The van der Waals surface area contributed by atoms with Crippen molar-refractivity contribution in [3.63, 3.8) is 0 Å². The van der Waals surface area contributed by atoms with Crippen molar-refractivity contribution in [2.45, 2.75) is 0 Å². The van der Waals surface area contributed by atoms with E-state index in [-0.39, 0.29) is 0 Å². The molecule has 2 aromatic carbocycles. The zero-order valence-corrected chi connectivity index (χ0v) is 18.2. The summed E-state index contributed by atoms with van der Waals surface area (Å²) in [6.07, 6.45) is 5.09. The lowest BCUT2D eigenvalue weighted by Gasteiger charge is -2.21. The molecular formula is C24H17ClN4O2S. The molecule has 0 aliphatic heterocycles.